The maximum atomic E-state index is 9.88. The van der Waals surface area contributed by atoms with E-state index in [4.69, 9.17) is 5.53 Å². The topological polar surface area (TPSA) is 90.0 Å². The molecule has 0 spiro atoms. The lowest BCUT2D eigenvalue weighted by molar-refractivity contribution is 0.139. The zero-order chi connectivity index (χ0) is 11.4. The summed E-state index contributed by atoms with van der Waals surface area (Å²) in [5.74, 6) is 0. The normalized spacial score (nSPS) is 25.6. The number of azide groups is 1. The molecule has 0 unspecified atom stereocenters. The minimum absolute atomic E-state index is 0.000986. The Morgan fingerprint density at radius 2 is 2.44 bits per heavy atom. The molecule has 0 amide bonds. The average molecular weight is 222 g/mol. The molecule has 0 bridgehead atoms. The van der Waals surface area contributed by atoms with Gasteiger partial charge < -0.3 is 5.11 Å². The summed E-state index contributed by atoms with van der Waals surface area (Å²) in [7, 11) is 0. The van der Waals surface area contributed by atoms with E-state index in [9.17, 15) is 5.11 Å². The van der Waals surface area contributed by atoms with Crippen molar-refractivity contribution in [1.82, 2.24) is 14.7 Å². The van der Waals surface area contributed by atoms with Crippen LogP contribution >= 0.6 is 0 Å². The molecule has 0 saturated carbocycles. The molecule has 2 rings (SSSR count). The number of rotatable bonds is 4. The fraction of sp³-hybridized carbons (Fsp3) is 0.667. The summed E-state index contributed by atoms with van der Waals surface area (Å²) in [6, 6.07) is 1.84. The van der Waals surface area contributed by atoms with Crippen LogP contribution in [0.3, 0.4) is 0 Å². The molecule has 1 aromatic heterocycles. The smallest absolute Gasteiger partial charge is 0.0917 e. The predicted molar refractivity (Wildman–Crippen MR) is 57.7 cm³/mol. The van der Waals surface area contributed by atoms with Crippen molar-refractivity contribution in [1.29, 1.82) is 0 Å². The molecule has 1 saturated heterocycles. The van der Waals surface area contributed by atoms with Gasteiger partial charge in [-0.15, -0.1) is 0 Å². The SMILES string of the molecule is [N-]=[N+]=NCCN1C[C@@H](O)[C@@H](n2cccn2)C1. The molecular weight excluding hydrogens is 208 g/mol. The summed E-state index contributed by atoms with van der Waals surface area (Å²) >= 11 is 0. The van der Waals surface area contributed by atoms with Crippen LogP contribution in [0.4, 0.5) is 0 Å². The Morgan fingerprint density at radius 1 is 1.56 bits per heavy atom. The van der Waals surface area contributed by atoms with Gasteiger partial charge in [0.1, 0.15) is 0 Å². The first-order chi connectivity index (χ1) is 7.81. The van der Waals surface area contributed by atoms with E-state index < -0.39 is 6.10 Å². The zero-order valence-corrected chi connectivity index (χ0v) is 8.85. The summed E-state index contributed by atoms with van der Waals surface area (Å²) in [5, 5.41) is 17.5. The second-order valence-corrected chi connectivity index (χ2v) is 3.83. The average Bonchev–Trinajstić information content (AvgIpc) is 2.87. The third-order valence-corrected chi connectivity index (χ3v) is 2.78. The first-order valence-corrected chi connectivity index (χ1v) is 5.21. The Kier molecular flexibility index (Phi) is 3.40. The van der Waals surface area contributed by atoms with Gasteiger partial charge in [0, 0.05) is 43.5 Å². The lowest BCUT2D eigenvalue weighted by Crippen LogP contribution is -2.24. The molecule has 1 aliphatic heterocycles. The second kappa shape index (κ2) is 4.98. The Labute approximate surface area is 92.9 Å². The summed E-state index contributed by atoms with van der Waals surface area (Å²) in [5.41, 5.74) is 8.17. The summed E-state index contributed by atoms with van der Waals surface area (Å²) < 4.78 is 1.78. The quantitative estimate of drug-likeness (QED) is 0.454. The molecule has 0 aromatic carbocycles. The molecule has 86 valence electrons. The van der Waals surface area contributed by atoms with Gasteiger partial charge in [-0.2, -0.15) is 5.10 Å². The van der Waals surface area contributed by atoms with Crippen LogP contribution in [0, 0.1) is 0 Å². The number of β-amino-alcohol motifs (C(OH)–C–C–N with tert-alkyl or cyclic N) is 1. The van der Waals surface area contributed by atoms with Gasteiger partial charge in [-0.1, -0.05) is 5.11 Å². The van der Waals surface area contributed by atoms with Gasteiger partial charge in [0.15, 0.2) is 0 Å². The van der Waals surface area contributed by atoms with Crippen molar-refractivity contribution in [2.75, 3.05) is 26.2 Å². The highest BCUT2D eigenvalue weighted by Gasteiger charge is 2.32. The van der Waals surface area contributed by atoms with Crippen molar-refractivity contribution in [2.24, 2.45) is 5.11 Å². The Bertz CT molecular complexity index is 371. The number of aliphatic hydroxyl groups is 1. The van der Waals surface area contributed by atoms with Crippen molar-refractivity contribution in [2.45, 2.75) is 12.1 Å². The fourth-order valence-corrected chi connectivity index (χ4v) is 2.00. The minimum atomic E-state index is -0.411. The third-order valence-electron chi connectivity index (χ3n) is 2.78. The molecule has 2 atom stereocenters. The first-order valence-electron chi connectivity index (χ1n) is 5.21. The molecule has 0 aliphatic carbocycles. The van der Waals surface area contributed by atoms with E-state index in [0.717, 1.165) is 6.54 Å². The Hall–Kier alpha value is -1.56. The Morgan fingerprint density at radius 3 is 3.12 bits per heavy atom. The van der Waals surface area contributed by atoms with Gasteiger partial charge in [0.25, 0.3) is 0 Å². The minimum Gasteiger partial charge on any atom is -0.390 e. The lowest BCUT2D eigenvalue weighted by atomic mass is 10.2. The van der Waals surface area contributed by atoms with Crippen molar-refractivity contribution < 1.29 is 5.11 Å². The molecule has 0 radical (unpaired) electrons. The van der Waals surface area contributed by atoms with Crippen LogP contribution in [0.15, 0.2) is 23.6 Å². The zero-order valence-electron chi connectivity index (χ0n) is 8.85. The summed E-state index contributed by atoms with van der Waals surface area (Å²) in [4.78, 5) is 4.78. The van der Waals surface area contributed by atoms with E-state index in [0.29, 0.717) is 19.6 Å². The summed E-state index contributed by atoms with van der Waals surface area (Å²) in [6.45, 7) is 2.46. The van der Waals surface area contributed by atoms with Crippen molar-refractivity contribution in [3.63, 3.8) is 0 Å². The van der Waals surface area contributed by atoms with Crippen LogP contribution in [0.2, 0.25) is 0 Å². The van der Waals surface area contributed by atoms with Crippen LogP contribution in [-0.4, -0.2) is 52.1 Å². The van der Waals surface area contributed by atoms with Crippen LogP contribution < -0.4 is 0 Å². The van der Waals surface area contributed by atoms with E-state index in [2.05, 4.69) is 20.0 Å². The highest BCUT2D eigenvalue weighted by atomic mass is 16.3. The first kappa shape index (κ1) is 10.9. The highest BCUT2D eigenvalue weighted by Crippen LogP contribution is 2.20. The largest absolute Gasteiger partial charge is 0.390 e. The second-order valence-electron chi connectivity index (χ2n) is 3.83. The molecule has 1 aromatic rings. The van der Waals surface area contributed by atoms with E-state index in [1.165, 1.54) is 0 Å². The number of hydrogen-bond donors (Lipinski definition) is 1. The van der Waals surface area contributed by atoms with Crippen LogP contribution in [0.1, 0.15) is 6.04 Å². The standard InChI is InChI=1S/C9H14N6O/c10-13-11-3-5-14-6-8(9(16)7-14)15-4-1-2-12-15/h1-2,4,8-9,16H,3,5-7H2/t8-,9+/m0/s1. The monoisotopic (exact) mass is 222 g/mol. The maximum absolute atomic E-state index is 9.88. The van der Waals surface area contributed by atoms with E-state index >= 15 is 0 Å². The molecule has 1 aliphatic rings. The van der Waals surface area contributed by atoms with Crippen LogP contribution in [-0.2, 0) is 0 Å². The van der Waals surface area contributed by atoms with Crippen LogP contribution in [0.25, 0.3) is 10.4 Å². The van der Waals surface area contributed by atoms with E-state index in [1.807, 2.05) is 12.3 Å². The molecule has 7 heteroatoms. The molecule has 16 heavy (non-hydrogen) atoms. The summed E-state index contributed by atoms with van der Waals surface area (Å²) in [6.07, 6.45) is 3.14. The maximum Gasteiger partial charge on any atom is 0.0917 e. The number of likely N-dealkylation sites (tertiary alicyclic amines) is 1. The molecule has 1 fully saturated rings. The highest BCUT2D eigenvalue weighted by molar-refractivity contribution is 4.91. The van der Waals surface area contributed by atoms with Gasteiger partial charge in [-0.05, 0) is 11.6 Å². The van der Waals surface area contributed by atoms with Gasteiger partial charge in [0.05, 0.1) is 12.1 Å². The van der Waals surface area contributed by atoms with Gasteiger partial charge in [0.2, 0.25) is 0 Å². The molecule has 1 N–H and O–H groups in total. The molecule has 7 nitrogen and oxygen atoms in total. The predicted octanol–water partition coefficient (Wildman–Crippen LogP) is 0.411. The Balaban J connectivity index is 1.91. The van der Waals surface area contributed by atoms with Gasteiger partial charge in [-0.3, -0.25) is 9.58 Å². The van der Waals surface area contributed by atoms with E-state index in [1.54, 1.807) is 10.9 Å². The van der Waals surface area contributed by atoms with Gasteiger partial charge in [-0.25, -0.2) is 0 Å². The fourth-order valence-electron chi connectivity index (χ4n) is 2.00. The van der Waals surface area contributed by atoms with Crippen LogP contribution in [0.5, 0.6) is 0 Å². The van der Waals surface area contributed by atoms with Crippen molar-refractivity contribution >= 4 is 0 Å². The number of aromatic nitrogens is 2. The van der Waals surface area contributed by atoms with Gasteiger partial charge >= 0.3 is 0 Å². The number of aliphatic hydroxyl groups excluding tert-OH is 1. The van der Waals surface area contributed by atoms with E-state index in [-0.39, 0.29) is 6.04 Å². The third kappa shape index (κ3) is 2.33. The number of nitrogens with zero attached hydrogens (tertiary/aromatic N) is 6. The molecular formula is C9H14N6O. The van der Waals surface area contributed by atoms with Crippen molar-refractivity contribution in [3.05, 3.63) is 28.9 Å². The number of hydrogen-bond acceptors (Lipinski definition) is 4. The lowest BCUT2D eigenvalue weighted by Gasteiger charge is -2.14. The van der Waals surface area contributed by atoms with Crippen molar-refractivity contribution in [3.8, 4) is 0 Å². The molecule has 2 heterocycles.